The van der Waals surface area contributed by atoms with Gasteiger partial charge in [0.2, 0.25) is 0 Å². The van der Waals surface area contributed by atoms with Crippen molar-refractivity contribution in [1.82, 2.24) is 4.90 Å². The second-order valence-electron chi connectivity index (χ2n) is 4.72. The molecule has 1 aliphatic heterocycles. The van der Waals surface area contributed by atoms with E-state index in [1.165, 1.54) is 6.26 Å². The number of rotatable bonds is 3. The summed E-state index contributed by atoms with van der Waals surface area (Å²) in [5.41, 5.74) is 0.551. The summed E-state index contributed by atoms with van der Waals surface area (Å²) in [6.45, 7) is 0.770. The minimum atomic E-state index is -3.08. The summed E-state index contributed by atoms with van der Waals surface area (Å²) in [6, 6.07) is 6.82. The van der Waals surface area contributed by atoms with Crippen molar-refractivity contribution in [3.8, 4) is 5.75 Å². The van der Waals surface area contributed by atoms with Gasteiger partial charge in [0, 0.05) is 24.9 Å². The van der Waals surface area contributed by atoms with Crippen LogP contribution < -0.4 is 4.74 Å². The standard InChI is InChI=1S/C13H17NO4S/c1-18-11-5-3-10(4-6-11)13(15)14-8-7-12(9-14)19(2,16)17/h3-6,12H,7-9H2,1-2H3/t12-/m1/s1. The van der Waals surface area contributed by atoms with Gasteiger partial charge in [0.05, 0.1) is 12.4 Å². The molecule has 0 aromatic heterocycles. The Morgan fingerprint density at radius 1 is 1.32 bits per heavy atom. The number of likely N-dealkylation sites (tertiary alicyclic amines) is 1. The summed E-state index contributed by atoms with van der Waals surface area (Å²) in [5, 5.41) is -0.435. The van der Waals surface area contributed by atoms with Crippen LogP contribution >= 0.6 is 0 Å². The smallest absolute Gasteiger partial charge is 0.253 e. The lowest BCUT2D eigenvalue weighted by Crippen LogP contribution is -2.31. The lowest BCUT2D eigenvalue weighted by Gasteiger charge is -2.16. The van der Waals surface area contributed by atoms with Gasteiger partial charge in [0.1, 0.15) is 5.75 Å². The molecule has 1 aliphatic rings. The number of hydrogen-bond donors (Lipinski definition) is 0. The first kappa shape index (κ1) is 13.9. The van der Waals surface area contributed by atoms with Crippen LogP contribution in [0.25, 0.3) is 0 Å². The molecule has 0 spiro atoms. The van der Waals surface area contributed by atoms with Gasteiger partial charge < -0.3 is 9.64 Å². The van der Waals surface area contributed by atoms with E-state index in [1.807, 2.05) is 0 Å². The molecule has 1 atom stereocenters. The minimum absolute atomic E-state index is 0.131. The number of methoxy groups -OCH3 is 1. The van der Waals surface area contributed by atoms with Crippen molar-refractivity contribution in [2.75, 3.05) is 26.5 Å². The molecule has 1 aromatic rings. The molecule has 0 aliphatic carbocycles. The fourth-order valence-corrected chi connectivity index (χ4v) is 3.16. The molecule has 104 valence electrons. The molecule has 5 nitrogen and oxygen atoms in total. The van der Waals surface area contributed by atoms with E-state index in [2.05, 4.69) is 0 Å². The molecular weight excluding hydrogens is 266 g/mol. The van der Waals surface area contributed by atoms with E-state index in [1.54, 1.807) is 36.3 Å². The first-order chi connectivity index (χ1) is 8.91. The van der Waals surface area contributed by atoms with Gasteiger partial charge in [-0.05, 0) is 30.7 Å². The summed E-state index contributed by atoms with van der Waals surface area (Å²) in [6.07, 6.45) is 1.74. The predicted molar refractivity (Wildman–Crippen MR) is 72.1 cm³/mol. The zero-order valence-electron chi connectivity index (χ0n) is 11.0. The van der Waals surface area contributed by atoms with E-state index in [9.17, 15) is 13.2 Å². The maximum atomic E-state index is 12.2. The van der Waals surface area contributed by atoms with Crippen LogP contribution in [0, 0.1) is 0 Å². The number of sulfone groups is 1. The van der Waals surface area contributed by atoms with Gasteiger partial charge in [-0.1, -0.05) is 0 Å². The molecule has 0 saturated carbocycles. The number of carbonyl (C=O) groups excluding carboxylic acids is 1. The highest BCUT2D eigenvalue weighted by atomic mass is 32.2. The zero-order valence-corrected chi connectivity index (χ0v) is 11.8. The molecule has 6 heteroatoms. The van der Waals surface area contributed by atoms with Crippen LogP contribution in [0.15, 0.2) is 24.3 Å². The Morgan fingerprint density at radius 2 is 1.95 bits per heavy atom. The number of carbonyl (C=O) groups is 1. The quantitative estimate of drug-likeness (QED) is 0.828. The van der Waals surface area contributed by atoms with Crippen LogP contribution in [-0.4, -0.2) is 50.9 Å². The summed E-state index contributed by atoms with van der Waals surface area (Å²) in [7, 11) is -1.51. The number of nitrogens with zero attached hydrogens (tertiary/aromatic N) is 1. The van der Waals surface area contributed by atoms with Gasteiger partial charge in [0.25, 0.3) is 5.91 Å². The molecule has 1 saturated heterocycles. The van der Waals surface area contributed by atoms with Gasteiger partial charge >= 0.3 is 0 Å². The van der Waals surface area contributed by atoms with Gasteiger partial charge in [-0.2, -0.15) is 0 Å². The van der Waals surface area contributed by atoms with E-state index in [0.717, 1.165) is 0 Å². The normalized spacial score (nSPS) is 19.5. The molecule has 0 bridgehead atoms. The number of hydrogen-bond acceptors (Lipinski definition) is 4. The van der Waals surface area contributed by atoms with Crippen molar-refractivity contribution in [3.63, 3.8) is 0 Å². The van der Waals surface area contributed by atoms with Crippen LogP contribution in [0.1, 0.15) is 16.8 Å². The van der Waals surface area contributed by atoms with Gasteiger partial charge in [-0.15, -0.1) is 0 Å². The Morgan fingerprint density at radius 3 is 2.42 bits per heavy atom. The molecule has 2 rings (SSSR count). The first-order valence-corrected chi connectivity index (χ1v) is 7.99. The molecule has 1 fully saturated rings. The largest absolute Gasteiger partial charge is 0.497 e. The Hall–Kier alpha value is -1.56. The third-order valence-corrected chi connectivity index (χ3v) is 4.97. The predicted octanol–water partition coefficient (Wildman–Crippen LogP) is 0.954. The fraction of sp³-hybridized carbons (Fsp3) is 0.462. The third kappa shape index (κ3) is 3.07. The van der Waals surface area contributed by atoms with E-state index in [-0.39, 0.29) is 12.5 Å². The summed E-state index contributed by atoms with van der Waals surface area (Å²) in [5.74, 6) is 0.556. The van der Waals surface area contributed by atoms with Crippen molar-refractivity contribution in [1.29, 1.82) is 0 Å². The van der Waals surface area contributed by atoms with Crippen LogP contribution in [0.5, 0.6) is 5.75 Å². The molecule has 1 heterocycles. The van der Waals surface area contributed by atoms with Crippen LogP contribution in [0.4, 0.5) is 0 Å². The van der Waals surface area contributed by atoms with Crippen molar-refractivity contribution >= 4 is 15.7 Å². The van der Waals surface area contributed by atoms with E-state index in [4.69, 9.17) is 4.74 Å². The van der Waals surface area contributed by atoms with Gasteiger partial charge in [0.15, 0.2) is 9.84 Å². The highest BCUT2D eigenvalue weighted by Gasteiger charge is 2.32. The Balaban J connectivity index is 2.08. The van der Waals surface area contributed by atoms with Crippen molar-refractivity contribution < 1.29 is 17.9 Å². The Bertz CT molecular complexity index is 565. The lowest BCUT2D eigenvalue weighted by atomic mass is 10.2. The highest BCUT2D eigenvalue weighted by Crippen LogP contribution is 2.20. The molecule has 0 N–H and O–H groups in total. The van der Waals surface area contributed by atoms with Gasteiger partial charge in [-0.3, -0.25) is 4.79 Å². The van der Waals surface area contributed by atoms with E-state index < -0.39 is 15.1 Å². The third-order valence-electron chi connectivity index (χ3n) is 3.37. The van der Waals surface area contributed by atoms with Crippen LogP contribution in [-0.2, 0) is 9.84 Å². The summed E-state index contributed by atoms with van der Waals surface area (Å²) in [4.78, 5) is 13.8. The topological polar surface area (TPSA) is 63.7 Å². The maximum absolute atomic E-state index is 12.2. The highest BCUT2D eigenvalue weighted by molar-refractivity contribution is 7.91. The number of ether oxygens (including phenoxy) is 1. The fourth-order valence-electron chi connectivity index (χ4n) is 2.18. The second kappa shape index (κ2) is 5.21. The van der Waals surface area contributed by atoms with E-state index in [0.29, 0.717) is 24.3 Å². The zero-order chi connectivity index (χ0) is 14.0. The number of amides is 1. The van der Waals surface area contributed by atoms with Crippen LogP contribution in [0.3, 0.4) is 0 Å². The molecule has 0 radical (unpaired) electrons. The van der Waals surface area contributed by atoms with Crippen molar-refractivity contribution in [2.45, 2.75) is 11.7 Å². The first-order valence-electron chi connectivity index (χ1n) is 6.04. The van der Waals surface area contributed by atoms with E-state index >= 15 is 0 Å². The average molecular weight is 283 g/mol. The average Bonchev–Trinajstić information content (AvgIpc) is 2.87. The van der Waals surface area contributed by atoms with Crippen molar-refractivity contribution in [3.05, 3.63) is 29.8 Å². The van der Waals surface area contributed by atoms with Crippen molar-refractivity contribution in [2.24, 2.45) is 0 Å². The lowest BCUT2D eigenvalue weighted by molar-refractivity contribution is 0.0793. The van der Waals surface area contributed by atoms with Gasteiger partial charge in [-0.25, -0.2) is 8.42 Å². The monoisotopic (exact) mass is 283 g/mol. The summed E-state index contributed by atoms with van der Waals surface area (Å²) >= 11 is 0. The molecule has 1 aromatic carbocycles. The SMILES string of the molecule is COc1ccc(C(=O)N2CC[C@@H](S(C)(=O)=O)C2)cc1. The number of benzene rings is 1. The molecule has 1 amide bonds. The Kier molecular flexibility index (Phi) is 3.80. The maximum Gasteiger partial charge on any atom is 0.253 e. The summed E-state index contributed by atoms with van der Waals surface area (Å²) < 4.78 is 28.0. The Labute approximate surface area is 113 Å². The van der Waals surface area contributed by atoms with Crippen LogP contribution in [0.2, 0.25) is 0 Å². The molecular formula is C13H17NO4S. The minimum Gasteiger partial charge on any atom is -0.497 e. The molecule has 0 unspecified atom stereocenters. The molecule has 19 heavy (non-hydrogen) atoms. The second-order valence-corrected chi connectivity index (χ2v) is 7.05.